The van der Waals surface area contributed by atoms with Crippen LogP contribution in [-0.4, -0.2) is 26.9 Å². The standard InChI is InChI=1S/C12H21N3O4S/c1-3-4-5-9(7-13)15-12(16)10-6-11(8(2)19-10)20(14,17)18/h6,9H,3-5,7,13H2,1-2H3,(H,15,16)(H2,14,17,18). The van der Waals surface area contributed by atoms with Gasteiger partial charge in [-0.05, 0) is 13.3 Å². The largest absolute Gasteiger partial charge is 0.455 e. The van der Waals surface area contributed by atoms with Crippen LogP contribution in [0.5, 0.6) is 0 Å². The predicted molar refractivity (Wildman–Crippen MR) is 74.7 cm³/mol. The summed E-state index contributed by atoms with van der Waals surface area (Å²) in [5.74, 6) is -0.480. The van der Waals surface area contributed by atoms with Crippen molar-refractivity contribution in [2.45, 2.75) is 44.0 Å². The Bertz CT molecular complexity index is 565. The maximum atomic E-state index is 12.0. The Labute approximate surface area is 118 Å². The van der Waals surface area contributed by atoms with E-state index < -0.39 is 15.9 Å². The second kappa shape index (κ2) is 6.87. The number of primary sulfonamides is 1. The number of nitrogens with two attached hydrogens (primary N) is 2. The van der Waals surface area contributed by atoms with Crippen molar-refractivity contribution in [2.24, 2.45) is 10.9 Å². The van der Waals surface area contributed by atoms with E-state index in [0.29, 0.717) is 6.54 Å². The zero-order chi connectivity index (χ0) is 15.3. The Morgan fingerprint density at radius 1 is 1.50 bits per heavy atom. The van der Waals surface area contributed by atoms with Crippen molar-refractivity contribution in [3.8, 4) is 0 Å². The van der Waals surface area contributed by atoms with Crippen molar-refractivity contribution in [3.05, 3.63) is 17.6 Å². The third-order valence-corrected chi connectivity index (χ3v) is 3.95. The molecule has 1 unspecified atom stereocenters. The summed E-state index contributed by atoms with van der Waals surface area (Å²) >= 11 is 0. The van der Waals surface area contributed by atoms with E-state index in [0.717, 1.165) is 25.3 Å². The Morgan fingerprint density at radius 3 is 2.60 bits per heavy atom. The van der Waals surface area contributed by atoms with Gasteiger partial charge in [-0.1, -0.05) is 19.8 Å². The van der Waals surface area contributed by atoms with Gasteiger partial charge in [-0.3, -0.25) is 4.79 Å². The molecule has 0 bridgehead atoms. The molecule has 0 aliphatic carbocycles. The fraction of sp³-hybridized carbons (Fsp3) is 0.583. The summed E-state index contributed by atoms with van der Waals surface area (Å²) in [4.78, 5) is 11.8. The summed E-state index contributed by atoms with van der Waals surface area (Å²) in [5.41, 5.74) is 5.58. The zero-order valence-electron chi connectivity index (χ0n) is 11.7. The van der Waals surface area contributed by atoms with Gasteiger partial charge in [-0.2, -0.15) is 0 Å². The number of amides is 1. The van der Waals surface area contributed by atoms with E-state index in [9.17, 15) is 13.2 Å². The number of aryl methyl sites for hydroxylation is 1. The van der Waals surface area contributed by atoms with Gasteiger partial charge < -0.3 is 15.5 Å². The zero-order valence-corrected chi connectivity index (χ0v) is 12.5. The lowest BCUT2D eigenvalue weighted by Gasteiger charge is -2.15. The topological polar surface area (TPSA) is 128 Å². The molecular weight excluding hydrogens is 282 g/mol. The molecule has 0 aliphatic rings. The van der Waals surface area contributed by atoms with E-state index in [1.54, 1.807) is 0 Å². The Morgan fingerprint density at radius 2 is 2.15 bits per heavy atom. The fourth-order valence-electron chi connectivity index (χ4n) is 1.82. The number of hydrogen-bond donors (Lipinski definition) is 3. The summed E-state index contributed by atoms with van der Waals surface area (Å²) in [7, 11) is -3.89. The first-order valence-corrected chi connectivity index (χ1v) is 7.98. The van der Waals surface area contributed by atoms with E-state index in [-0.39, 0.29) is 22.5 Å². The number of rotatable bonds is 7. The molecule has 114 valence electrons. The van der Waals surface area contributed by atoms with E-state index in [1.807, 2.05) is 6.92 Å². The van der Waals surface area contributed by atoms with E-state index >= 15 is 0 Å². The normalized spacial score (nSPS) is 13.2. The minimum Gasteiger partial charge on any atom is -0.455 e. The first-order valence-electron chi connectivity index (χ1n) is 6.43. The summed E-state index contributed by atoms with van der Waals surface area (Å²) < 4.78 is 27.7. The monoisotopic (exact) mass is 303 g/mol. The molecule has 8 heteroatoms. The predicted octanol–water partition coefficient (Wildman–Crippen LogP) is 0.483. The van der Waals surface area contributed by atoms with Crippen LogP contribution in [0.25, 0.3) is 0 Å². The number of nitrogens with one attached hydrogen (secondary N) is 1. The van der Waals surface area contributed by atoms with Crippen LogP contribution in [-0.2, 0) is 10.0 Å². The number of unbranched alkanes of at least 4 members (excludes halogenated alkanes) is 1. The Kier molecular flexibility index (Phi) is 5.73. The van der Waals surface area contributed by atoms with Gasteiger partial charge in [-0.25, -0.2) is 13.6 Å². The molecule has 0 radical (unpaired) electrons. The van der Waals surface area contributed by atoms with Crippen molar-refractivity contribution in [2.75, 3.05) is 6.54 Å². The third kappa shape index (κ3) is 4.32. The summed E-state index contributed by atoms with van der Waals surface area (Å²) in [6.45, 7) is 3.80. The van der Waals surface area contributed by atoms with Crippen LogP contribution in [0, 0.1) is 6.92 Å². The molecule has 1 aromatic heterocycles. The van der Waals surface area contributed by atoms with Gasteiger partial charge in [0.1, 0.15) is 10.7 Å². The van der Waals surface area contributed by atoms with Crippen LogP contribution in [0.1, 0.15) is 42.5 Å². The highest BCUT2D eigenvalue weighted by atomic mass is 32.2. The lowest BCUT2D eigenvalue weighted by molar-refractivity contribution is 0.0906. The summed E-state index contributed by atoms with van der Waals surface area (Å²) in [6, 6.07) is 0.971. The minimum absolute atomic E-state index is 0.0820. The first kappa shape index (κ1) is 16.7. The van der Waals surface area contributed by atoms with Gasteiger partial charge in [0.05, 0.1) is 0 Å². The molecule has 7 nitrogen and oxygen atoms in total. The van der Waals surface area contributed by atoms with Crippen molar-refractivity contribution in [1.82, 2.24) is 5.32 Å². The quantitative estimate of drug-likeness (QED) is 0.675. The molecule has 1 heterocycles. The first-order chi connectivity index (χ1) is 9.29. The fourth-order valence-corrected chi connectivity index (χ4v) is 2.53. The van der Waals surface area contributed by atoms with Crippen molar-refractivity contribution in [3.63, 3.8) is 0 Å². The maximum Gasteiger partial charge on any atom is 0.287 e. The second-order valence-corrected chi connectivity index (χ2v) is 6.15. The van der Waals surface area contributed by atoms with Crippen molar-refractivity contribution >= 4 is 15.9 Å². The lowest BCUT2D eigenvalue weighted by Crippen LogP contribution is -2.40. The van der Waals surface area contributed by atoms with Crippen molar-refractivity contribution < 1.29 is 17.6 Å². The van der Waals surface area contributed by atoms with Crippen LogP contribution in [0.2, 0.25) is 0 Å². The number of furan rings is 1. The molecule has 0 fully saturated rings. The van der Waals surface area contributed by atoms with Crippen LogP contribution < -0.4 is 16.2 Å². The van der Waals surface area contributed by atoms with E-state index in [4.69, 9.17) is 15.3 Å². The molecular formula is C12H21N3O4S. The molecule has 1 rings (SSSR count). The van der Waals surface area contributed by atoms with Crippen LogP contribution >= 0.6 is 0 Å². The van der Waals surface area contributed by atoms with Gasteiger partial charge in [-0.15, -0.1) is 0 Å². The minimum atomic E-state index is -3.89. The Hall–Kier alpha value is -1.38. The van der Waals surface area contributed by atoms with Gasteiger partial charge in [0.15, 0.2) is 5.76 Å². The molecule has 1 atom stereocenters. The number of carbonyl (C=O) groups excluding carboxylic acids is 1. The summed E-state index contributed by atoms with van der Waals surface area (Å²) in [5, 5.41) is 7.74. The van der Waals surface area contributed by atoms with Gasteiger partial charge in [0, 0.05) is 18.7 Å². The van der Waals surface area contributed by atoms with Crippen LogP contribution in [0.4, 0.5) is 0 Å². The number of sulfonamides is 1. The average molecular weight is 303 g/mol. The van der Waals surface area contributed by atoms with E-state index in [2.05, 4.69) is 5.32 Å². The highest BCUT2D eigenvalue weighted by Crippen LogP contribution is 2.18. The summed E-state index contributed by atoms with van der Waals surface area (Å²) in [6.07, 6.45) is 2.71. The molecule has 0 aliphatic heterocycles. The van der Waals surface area contributed by atoms with Crippen molar-refractivity contribution in [1.29, 1.82) is 0 Å². The van der Waals surface area contributed by atoms with Gasteiger partial charge in [0.2, 0.25) is 10.0 Å². The Balaban J connectivity index is 2.83. The highest BCUT2D eigenvalue weighted by Gasteiger charge is 2.22. The molecule has 1 amide bonds. The molecule has 1 aromatic rings. The molecule has 0 saturated heterocycles. The molecule has 20 heavy (non-hydrogen) atoms. The third-order valence-electron chi connectivity index (χ3n) is 2.93. The maximum absolute atomic E-state index is 12.0. The number of carbonyl (C=O) groups is 1. The van der Waals surface area contributed by atoms with Crippen LogP contribution in [0.15, 0.2) is 15.4 Å². The number of hydrogen-bond acceptors (Lipinski definition) is 5. The molecule has 0 spiro atoms. The van der Waals surface area contributed by atoms with Gasteiger partial charge in [0.25, 0.3) is 5.91 Å². The second-order valence-electron chi connectivity index (χ2n) is 4.62. The molecule has 0 aromatic carbocycles. The SMILES string of the molecule is CCCCC(CN)NC(=O)c1cc(S(N)(=O)=O)c(C)o1. The highest BCUT2D eigenvalue weighted by molar-refractivity contribution is 7.89. The van der Waals surface area contributed by atoms with Gasteiger partial charge >= 0.3 is 0 Å². The molecule has 0 saturated carbocycles. The van der Waals surface area contributed by atoms with Crippen LogP contribution in [0.3, 0.4) is 0 Å². The smallest absolute Gasteiger partial charge is 0.287 e. The average Bonchev–Trinajstić information content (AvgIpc) is 2.76. The van der Waals surface area contributed by atoms with E-state index in [1.165, 1.54) is 6.92 Å². The molecule has 5 N–H and O–H groups in total. The lowest BCUT2D eigenvalue weighted by atomic mass is 10.1.